The van der Waals surface area contributed by atoms with E-state index in [0.717, 1.165) is 24.8 Å². The number of aryl methyl sites for hydroxylation is 1. The van der Waals surface area contributed by atoms with Crippen LogP contribution in [0.1, 0.15) is 32.5 Å². The molecule has 6 rings (SSSR count). The summed E-state index contributed by atoms with van der Waals surface area (Å²) >= 11 is 12.5. The zero-order valence-electron chi connectivity index (χ0n) is 17.7. The second-order valence-electron chi connectivity index (χ2n) is 9.97. The number of halogens is 2. The average molecular weight is 447 g/mol. The van der Waals surface area contributed by atoms with Crippen LogP contribution in [0.3, 0.4) is 0 Å². The highest BCUT2D eigenvalue weighted by atomic mass is 35.5. The van der Waals surface area contributed by atoms with Crippen molar-refractivity contribution < 1.29 is 0 Å². The Kier molecular flexibility index (Phi) is 4.56. The van der Waals surface area contributed by atoms with Crippen molar-refractivity contribution >= 4 is 29.0 Å². The Morgan fingerprint density at radius 3 is 2.67 bits per heavy atom. The number of nitrogens with two attached hydrogens (primary N) is 1. The van der Waals surface area contributed by atoms with Crippen molar-refractivity contribution in [1.82, 2.24) is 9.55 Å². The maximum Gasteiger partial charge on any atom is 0.260 e. The normalized spacial score (nSPS) is 31.4. The molecule has 30 heavy (non-hydrogen) atoms. The molecule has 0 radical (unpaired) electrons. The molecule has 1 saturated heterocycles. The molecule has 0 spiro atoms. The molecule has 1 aliphatic heterocycles. The van der Waals surface area contributed by atoms with Gasteiger partial charge in [0.05, 0.1) is 15.7 Å². The summed E-state index contributed by atoms with van der Waals surface area (Å²) < 4.78 is 1.53. The molecule has 3 aliphatic carbocycles. The van der Waals surface area contributed by atoms with Crippen LogP contribution in [-0.4, -0.2) is 29.2 Å². The van der Waals surface area contributed by atoms with Crippen LogP contribution in [-0.2, 0) is 0 Å². The summed E-state index contributed by atoms with van der Waals surface area (Å²) in [6.45, 7) is 9.14. The quantitative estimate of drug-likeness (QED) is 0.763. The van der Waals surface area contributed by atoms with E-state index in [9.17, 15) is 4.79 Å². The minimum absolute atomic E-state index is 0.124. The lowest BCUT2D eigenvalue weighted by molar-refractivity contribution is -0.167. The molecule has 4 atom stereocenters. The van der Waals surface area contributed by atoms with Gasteiger partial charge in [-0.05, 0) is 55.1 Å². The van der Waals surface area contributed by atoms with E-state index in [4.69, 9.17) is 33.9 Å². The van der Waals surface area contributed by atoms with Crippen LogP contribution >= 0.6 is 23.2 Å². The van der Waals surface area contributed by atoms with Crippen molar-refractivity contribution in [2.75, 3.05) is 24.5 Å². The van der Waals surface area contributed by atoms with E-state index < -0.39 is 0 Å². The smallest absolute Gasteiger partial charge is 0.260 e. The summed E-state index contributed by atoms with van der Waals surface area (Å²) in [6, 6.07) is 6.90. The first-order chi connectivity index (χ1) is 14.2. The molecule has 1 aromatic heterocycles. The Labute approximate surface area is 187 Å². The third kappa shape index (κ3) is 2.64. The first-order valence-electron chi connectivity index (χ1n) is 10.7. The van der Waals surface area contributed by atoms with Crippen molar-refractivity contribution in [2.45, 2.75) is 33.6 Å². The van der Waals surface area contributed by atoms with E-state index in [1.54, 1.807) is 24.3 Å². The largest absolute Gasteiger partial charge is 0.355 e. The van der Waals surface area contributed by atoms with Crippen LogP contribution in [0.15, 0.2) is 29.1 Å². The van der Waals surface area contributed by atoms with Gasteiger partial charge >= 0.3 is 0 Å². The first-order valence-corrected chi connectivity index (χ1v) is 11.4. The van der Waals surface area contributed by atoms with Gasteiger partial charge in [0.2, 0.25) is 0 Å². The summed E-state index contributed by atoms with van der Waals surface area (Å²) in [5, 5.41) is 0.773. The third-order valence-corrected chi connectivity index (χ3v) is 9.23. The molecule has 2 heterocycles. The highest BCUT2D eigenvalue weighted by Crippen LogP contribution is 2.69. The number of hydrogen-bond acceptors (Lipinski definition) is 4. The fourth-order valence-electron chi connectivity index (χ4n) is 6.69. The molecule has 4 aliphatic rings. The van der Waals surface area contributed by atoms with Gasteiger partial charge in [-0.15, -0.1) is 0 Å². The molecular formula is C23H28Cl2N4O. The number of hydrogen-bond donors (Lipinski definition) is 1. The van der Waals surface area contributed by atoms with Gasteiger partial charge in [-0.3, -0.25) is 9.36 Å². The first kappa shape index (κ1) is 20.3. The maximum absolute atomic E-state index is 13.1. The lowest BCUT2D eigenvalue weighted by Crippen LogP contribution is -2.63. The molecule has 4 fully saturated rings. The van der Waals surface area contributed by atoms with Gasteiger partial charge in [-0.1, -0.05) is 43.1 Å². The lowest BCUT2D eigenvalue weighted by Gasteiger charge is -2.66. The molecule has 1 aromatic carbocycles. The average Bonchev–Trinajstić information content (AvgIpc) is 3.10. The zero-order chi connectivity index (χ0) is 21.4. The Bertz CT molecular complexity index is 1080. The molecular weight excluding hydrogens is 419 g/mol. The van der Waals surface area contributed by atoms with Crippen molar-refractivity contribution in [1.29, 1.82) is 0 Å². The second-order valence-corrected chi connectivity index (χ2v) is 10.8. The predicted molar refractivity (Wildman–Crippen MR) is 122 cm³/mol. The minimum Gasteiger partial charge on any atom is -0.355 e. The highest BCUT2D eigenvalue weighted by Gasteiger charge is 2.66. The van der Waals surface area contributed by atoms with Crippen molar-refractivity contribution in [3.8, 4) is 5.69 Å². The Morgan fingerprint density at radius 2 is 2.00 bits per heavy atom. The number of benzene rings is 1. The zero-order valence-corrected chi connectivity index (χ0v) is 19.2. The third-order valence-electron chi connectivity index (χ3n) is 8.42. The lowest BCUT2D eigenvalue weighted by atomic mass is 9.38. The van der Waals surface area contributed by atoms with Gasteiger partial charge < -0.3 is 10.6 Å². The van der Waals surface area contributed by atoms with E-state index in [-0.39, 0.29) is 11.0 Å². The van der Waals surface area contributed by atoms with E-state index in [1.807, 2.05) is 6.92 Å². The van der Waals surface area contributed by atoms with Crippen molar-refractivity contribution in [3.63, 3.8) is 0 Å². The number of nitrogens with zero attached hydrogens (tertiary/aromatic N) is 3. The number of rotatable bonds is 3. The fourth-order valence-corrected chi connectivity index (χ4v) is 7.07. The molecule has 5 nitrogen and oxygen atoms in total. The SMILES string of the molecule is Cc1nc(N2CC3CC4CC(C4(C)C)C3(CN)C2)cc(=O)n1-c1cccc(Cl)c1Cl. The van der Waals surface area contributed by atoms with Gasteiger partial charge in [0.15, 0.2) is 0 Å². The molecule has 2 N–H and O–H groups in total. The summed E-state index contributed by atoms with van der Waals surface area (Å²) in [6.07, 6.45) is 2.52. The second kappa shape index (κ2) is 6.72. The summed E-state index contributed by atoms with van der Waals surface area (Å²) in [5.41, 5.74) is 7.30. The Morgan fingerprint density at radius 1 is 1.23 bits per heavy atom. The highest BCUT2D eigenvalue weighted by molar-refractivity contribution is 6.43. The topological polar surface area (TPSA) is 64.2 Å². The maximum atomic E-state index is 13.1. The van der Waals surface area contributed by atoms with Gasteiger partial charge in [-0.2, -0.15) is 0 Å². The van der Waals surface area contributed by atoms with E-state index >= 15 is 0 Å². The Balaban J connectivity index is 1.51. The molecule has 3 saturated carbocycles. The number of anilines is 1. The molecule has 160 valence electrons. The van der Waals surface area contributed by atoms with Gasteiger partial charge in [0.1, 0.15) is 11.6 Å². The summed E-state index contributed by atoms with van der Waals surface area (Å²) in [7, 11) is 0. The Hall–Kier alpha value is -1.56. The van der Waals surface area contributed by atoms with Crippen LogP contribution < -0.4 is 16.2 Å². The fraction of sp³-hybridized carbons (Fsp3) is 0.565. The van der Waals surface area contributed by atoms with Gasteiger partial charge in [-0.25, -0.2) is 4.98 Å². The van der Waals surface area contributed by atoms with Crippen LogP contribution in [0.4, 0.5) is 5.82 Å². The summed E-state index contributed by atoms with van der Waals surface area (Å²) in [5.74, 6) is 3.36. The van der Waals surface area contributed by atoms with Crippen LogP contribution in [0.5, 0.6) is 0 Å². The molecule has 2 bridgehead atoms. The van der Waals surface area contributed by atoms with Gasteiger partial charge in [0, 0.05) is 31.1 Å². The van der Waals surface area contributed by atoms with Crippen LogP contribution in [0.2, 0.25) is 10.0 Å². The standard InChI is InChI=1S/C23H28Cl2N4O/c1-13-27-19(9-20(30)29(13)17-6-4-5-16(24)21(17)25)28-10-15-7-14-8-18(22(14,2)3)23(15,11-26)12-28/h4-6,9,14-15,18H,7-8,10-12,26H2,1-3H3. The van der Waals surface area contributed by atoms with E-state index in [2.05, 4.69) is 18.7 Å². The predicted octanol–water partition coefficient (Wildman–Crippen LogP) is 4.30. The van der Waals surface area contributed by atoms with Crippen LogP contribution in [0, 0.1) is 35.5 Å². The monoisotopic (exact) mass is 446 g/mol. The van der Waals surface area contributed by atoms with Crippen molar-refractivity contribution in [2.24, 2.45) is 34.3 Å². The molecule has 4 unspecified atom stereocenters. The van der Waals surface area contributed by atoms with Gasteiger partial charge in [0.25, 0.3) is 5.56 Å². The number of aromatic nitrogens is 2. The van der Waals surface area contributed by atoms with Crippen molar-refractivity contribution in [3.05, 3.63) is 50.5 Å². The van der Waals surface area contributed by atoms with E-state index in [0.29, 0.717) is 45.4 Å². The molecule has 0 amide bonds. The minimum atomic E-state index is -0.150. The molecule has 2 aromatic rings. The summed E-state index contributed by atoms with van der Waals surface area (Å²) in [4.78, 5) is 20.2. The van der Waals surface area contributed by atoms with Crippen LogP contribution in [0.25, 0.3) is 5.69 Å². The van der Waals surface area contributed by atoms with E-state index in [1.165, 1.54) is 17.4 Å². The molecule has 7 heteroatoms.